The molecule has 1 amide bonds. The Balaban J connectivity index is -0.00000242. The fraction of sp³-hybridized carbons (Fsp3) is 0.769. The standard InChI is InChI=1S/C13H24N2O7S.2Na/c1-3-13(15,7-23(20,21)22)10(16)5-4-9(12(18)19)6-8(2)11(14)17;;/h8-9H,3-7,15H2,1-2H3,(H2,14,17)(H,18,19)(H,20,21,22);;/q;2*+1/p-2. The van der Waals surface area contributed by atoms with Crippen LogP contribution in [0.4, 0.5) is 0 Å². The Bertz CT molecular complexity index is 571. The van der Waals surface area contributed by atoms with E-state index < -0.39 is 50.9 Å². The average Bonchev–Trinajstić information content (AvgIpc) is 2.40. The SMILES string of the molecule is CCC(N)(CS(=O)(=O)[O-])C(=O)CCC(CC(C)C(N)=O)C(=O)[O-].[Na+].[Na+]. The van der Waals surface area contributed by atoms with Crippen molar-refractivity contribution < 1.29 is 91.6 Å². The largest absolute Gasteiger partial charge is 1.00 e. The van der Waals surface area contributed by atoms with Crippen molar-refractivity contribution in [2.24, 2.45) is 23.3 Å². The van der Waals surface area contributed by atoms with Crippen molar-refractivity contribution >= 4 is 27.8 Å². The van der Waals surface area contributed by atoms with Gasteiger partial charge in [0.25, 0.3) is 0 Å². The van der Waals surface area contributed by atoms with Crippen molar-refractivity contribution in [3.63, 3.8) is 0 Å². The van der Waals surface area contributed by atoms with Crippen LogP contribution in [0.2, 0.25) is 0 Å². The Morgan fingerprint density at radius 3 is 2.00 bits per heavy atom. The van der Waals surface area contributed by atoms with Crippen LogP contribution in [0, 0.1) is 11.8 Å². The quantitative estimate of drug-likeness (QED) is 0.255. The van der Waals surface area contributed by atoms with Gasteiger partial charge in [0.1, 0.15) is 0 Å². The predicted molar refractivity (Wildman–Crippen MR) is 77.5 cm³/mol. The summed E-state index contributed by atoms with van der Waals surface area (Å²) in [6.45, 7) is 2.90. The number of nitrogens with two attached hydrogens (primary N) is 2. The molecule has 0 aromatic heterocycles. The van der Waals surface area contributed by atoms with Gasteiger partial charge in [-0.2, -0.15) is 0 Å². The molecule has 0 heterocycles. The fourth-order valence-corrected chi connectivity index (χ4v) is 3.12. The first kappa shape index (κ1) is 30.2. The second-order valence-electron chi connectivity index (χ2n) is 5.73. The van der Waals surface area contributed by atoms with Gasteiger partial charge in [-0.15, -0.1) is 0 Å². The number of amides is 1. The maximum Gasteiger partial charge on any atom is 1.00 e. The number of carboxylic acid groups (broad SMARTS) is 1. The Morgan fingerprint density at radius 1 is 1.20 bits per heavy atom. The normalized spacial score (nSPS) is 15.7. The second-order valence-corrected chi connectivity index (χ2v) is 7.13. The van der Waals surface area contributed by atoms with E-state index in [0.717, 1.165) is 0 Å². The molecule has 0 aromatic carbocycles. The van der Waals surface area contributed by atoms with Gasteiger partial charge in [-0.05, 0) is 25.2 Å². The molecule has 3 unspecified atom stereocenters. The molecule has 9 nitrogen and oxygen atoms in total. The third-order valence-corrected chi connectivity index (χ3v) is 4.67. The molecule has 0 aliphatic carbocycles. The minimum absolute atomic E-state index is 0. The topological polar surface area (TPSA) is 184 Å². The van der Waals surface area contributed by atoms with Crippen LogP contribution in [0.25, 0.3) is 0 Å². The molecular formula is C13H22N2Na2O7S. The molecule has 134 valence electrons. The van der Waals surface area contributed by atoms with E-state index in [1.54, 1.807) is 0 Å². The number of ketones is 1. The molecule has 0 radical (unpaired) electrons. The molecule has 4 N–H and O–H groups in total. The van der Waals surface area contributed by atoms with Gasteiger partial charge in [-0.1, -0.05) is 13.8 Å². The number of hydrogen-bond acceptors (Lipinski definition) is 8. The van der Waals surface area contributed by atoms with Crippen molar-refractivity contribution in [3.8, 4) is 0 Å². The summed E-state index contributed by atoms with van der Waals surface area (Å²) in [5.41, 5.74) is 8.88. The Morgan fingerprint density at radius 2 is 1.68 bits per heavy atom. The van der Waals surface area contributed by atoms with E-state index in [-0.39, 0.29) is 84.8 Å². The Labute approximate surface area is 192 Å². The minimum atomic E-state index is -4.71. The van der Waals surface area contributed by atoms with Gasteiger partial charge in [0.2, 0.25) is 5.91 Å². The van der Waals surface area contributed by atoms with E-state index in [1.807, 2.05) is 0 Å². The van der Waals surface area contributed by atoms with Gasteiger partial charge in [0.05, 0.1) is 21.4 Å². The predicted octanol–water partition coefficient (Wildman–Crippen LogP) is -8.13. The fourth-order valence-electron chi connectivity index (χ4n) is 2.12. The van der Waals surface area contributed by atoms with Gasteiger partial charge in [0.15, 0.2) is 5.78 Å². The van der Waals surface area contributed by atoms with Crippen molar-refractivity contribution in [1.29, 1.82) is 0 Å². The number of rotatable bonds is 11. The zero-order chi connectivity index (χ0) is 18.4. The van der Waals surface area contributed by atoms with Crippen LogP contribution < -0.4 is 75.7 Å². The first-order valence-electron chi connectivity index (χ1n) is 7.08. The number of carbonyl (C=O) groups is 3. The van der Waals surface area contributed by atoms with E-state index in [1.165, 1.54) is 13.8 Å². The maximum absolute atomic E-state index is 12.1. The van der Waals surface area contributed by atoms with Crippen LogP contribution in [0.5, 0.6) is 0 Å². The second kappa shape index (κ2) is 12.8. The molecule has 0 spiro atoms. The van der Waals surface area contributed by atoms with E-state index >= 15 is 0 Å². The Kier molecular flexibility index (Phi) is 15.5. The van der Waals surface area contributed by atoms with E-state index in [4.69, 9.17) is 11.5 Å². The number of aliphatic carboxylic acids is 1. The molecule has 0 fully saturated rings. The molecule has 12 heteroatoms. The van der Waals surface area contributed by atoms with Gasteiger partial charge < -0.3 is 25.9 Å². The summed E-state index contributed by atoms with van der Waals surface area (Å²) in [5, 5.41) is 11.1. The molecule has 0 saturated carbocycles. The molecule has 3 atom stereocenters. The third kappa shape index (κ3) is 11.7. The van der Waals surface area contributed by atoms with Gasteiger partial charge in [0, 0.05) is 18.3 Å². The van der Waals surface area contributed by atoms with E-state index in [2.05, 4.69) is 0 Å². The first-order chi connectivity index (χ1) is 10.3. The van der Waals surface area contributed by atoms with Crippen molar-refractivity contribution in [1.82, 2.24) is 0 Å². The summed E-state index contributed by atoms with van der Waals surface area (Å²) in [5.74, 6) is -5.72. The van der Waals surface area contributed by atoms with Crippen LogP contribution >= 0.6 is 0 Å². The molecule has 25 heavy (non-hydrogen) atoms. The van der Waals surface area contributed by atoms with Crippen LogP contribution in [0.15, 0.2) is 0 Å². The number of Topliss-reactive ketones (excluding diaryl/α,β-unsaturated/α-hetero) is 1. The number of carbonyl (C=O) groups excluding carboxylic acids is 3. The van der Waals surface area contributed by atoms with Gasteiger partial charge in [-0.25, -0.2) is 8.42 Å². The number of primary amides is 1. The molecule has 0 aliphatic rings. The summed E-state index contributed by atoms with van der Waals surface area (Å²) in [6, 6.07) is 0. The van der Waals surface area contributed by atoms with E-state index in [0.29, 0.717) is 0 Å². The minimum Gasteiger partial charge on any atom is -0.748 e. The molecule has 0 bridgehead atoms. The van der Waals surface area contributed by atoms with Crippen LogP contribution in [-0.2, 0) is 24.5 Å². The van der Waals surface area contributed by atoms with E-state index in [9.17, 15) is 32.5 Å². The molecule has 0 saturated heterocycles. The van der Waals surface area contributed by atoms with Crippen molar-refractivity contribution in [2.45, 2.75) is 45.1 Å². The summed E-state index contributed by atoms with van der Waals surface area (Å²) in [6.07, 6.45) is -0.712. The third-order valence-electron chi connectivity index (χ3n) is 3.80. The van der Waals surface area contributed by atoms with Crippen molar-refractivity contribution in [3.05, 3.63) is 0 Å². The summed E-state index contributed by atoms with van der Waals surface area (Å²) in [4.78, 5) is 34.1. The molecular weight excluding hydrogens is 374 g/mol. The summed E-state index contributed by atoms with van der Waals surface area (Å²) < 4.78 is 32.5. The Hall–Kier alpha value is 0.480. The monoisotopic (exact) mass is 396 g/mol. The number of carboxylic acids is 1. The van der Waals surface area contributed by atoms with Gasteiger partial charge in [-0.3, -0.25) is 9.59 Å². The first-order valence-corrected chi connectivity index (χ1v) is 8.66. The summed E-state index contributed by atoms with van der Waals surface area (Å²) in [7, 11) is -4.71. The summed E-state index contributed by atoms with van der Waals surface area (Å²) >= 11 is 0. The smallest absolute Gasteiger partial charge is 0.748 e. The molecule has 0 aliphatic heterocycles. The van der Waals surface area contributed by atoms with Crippen LogP contribution in [-0.4, -0.2) is 41.9 Å². The van der Waals surface area contributed by atoms with Crippen LogP contribution in [0.3, 0.4) is 0 Å². The molecule has 0 aromatic rings. The molecule has 0 rings (SSSR count). The van der Waals surface area contributed by atoms with Gasteiger partial charge >= 0.3 is 59.1 Å². The number of hydrogen-bond donors (Lipinski definition) is 2. The zero-order valence-electron chi connectivity index (χ0n) is 15.1. The van der Waals surface area contributed by atoms with Crippen molar-refractivity contribution in [2.75, 3.05) is 5.75 Å². The zero-order valence-corrected chi connectivity index (χ0v) is 19.9. The van der Waals surface area contributed by atoms with Crippen LogP contribution in [0.1, 0.15) is 39.5 Å². The maximum atomic E-state index is 12.1. The average molecular weight is 396 g/mol.